The van der Waals surface area contributed by atoms with Crippen molar-refractivity contribution in [1.82, 2.24) is 4.90 Å². The van der Waals surface area contributed by atoms with Crippen LogP contribution in [0.15, 0.2) is 18.2 Å². The third kappa shape index (κ3) is 4.14. The van der Waals surface area contributed by atoms with E-state index in [9.17, 15) is 22.0 Å². The molecule has 0 radical (unpaired) electrons. The first kappa shape index (κ1) is 14.7. The molecule has 0 heterocycles. The molecule has 0 saturated heterocycles. The number of halogens is 5. The minimum atomic E-state index is -4.55. The second-order valence-electron chi connectivity index (χ2n) is 4.00. The zero-order valence-electron chi connectivity index (χ0n) is 9.64. The maximum absolute atomic E-state index is 12.7. The van der Waals surface area contributed by atoms with Gasteiger partial charge in [0.2, 0.25) is 0 Å². The molecular formula is C11H13F5N2. The molecule has 0 aliphatic heterocycles. The van der Waals surface area contributed by atoms with Crippen LogP contribution in [0.3, 0.4) is 0 Å². The SMILES string of the molecule is CN(Cc1ccc(N)cc1C(F)(F)F)CC(F)F. The summed E-state index contributed by atoms with van der Waals surface area (Å²) in [6.07, 6.45) is -7.13. The van der Waals surface area contributed by atoms with Gasteiger partial charge in [0, 0.05) is 12.2 Å². The third-order valence-electron chi connectivity index (χ3n) is 2.33. The molecule has 0 amide bonds. The molecule has 0 fully saturated rings. The standard InChI is InChI=1S/C11H13F5N2/c1-18(6-10(12)13)5-7-2-3-8(17)4-9(7)11(14,15)16/h2-4,10H,5-6,17H2,1H3. The zero-order valence-corrected chi connectivity index (χ0v) is 9.64. The van der Waals surface area contributed by atoms with E-state index in [1.807, 2.05) is 0 Å². The summed E-state index contributed by atoms with van der Waals surface area (Å²) in [5.41, 5.74) is 4.34. The highest BCUT2D eigenvalue weighted by atomic mass is 19.4. The molecule has 0 aromatic heterocycles. The third-order valence-corrected chi connectivity index (χ3v) is 2.33. The topological polar surface area (TPSA) is 29.3 Å². The van der Waals surface area contributed by atoms with Gasteiger partial charge in [0.15, 0.2) is 0 Å². The van der Waals surface area contributed by atoms with Gasteiger partial charge in [0.1, 0.15) is 0 Å². The van der Waals surface area contributed by atoms with Crippen LogP contribution in [0.5, 0.6) is 0 Å². The number of alkyl halides is 5. The Morgan fingerprint density at radius 1 is 1.28 bits per heavy atom. The van der Waals surface area contributed by atoms with E-state index in [-0.39, 0.29) is 17.8 Å². The fraction of sp³-hybridized carbons (Fsp3) is 0.455. The molecule has 0 unspecified atom stereocenters. The largest absolute Gasteiger partial charge is 0.416 e. The van der Waals surface area contributed by atoms with Crippen molar-refractivity contribution in [3.63, 3.8) is 0 Å². The molecule has 102 valence electrons. The van der Waals surface area contributed by atoms with E-state index in [1.54, 1.807) is 0 Å². The molecule has 0 aliphatic carbocycles. The average Bonchev–Trinajstić information content (AvgIpc) is 2.17. The Labute approximate surface area is 101 Å². The number of benzene rings is 1. The van der Waals surface area contributed by atoms with Gasteiger partial charge in [-0.25, -0.2) is 8.78 Å². The number of hydrogen-bond donors (Lipinski definition) is 1. The van der Waals surface area contributed by atoms with Crippen molar-refractivity contribution >= 4 is 5.69 Å². The summed E-state index contributed by atoms with van der Waals surface area (Å²) in [5, 5.41) is 0. The van der Waals surface area contributed by atoms with E-state index in [1.165, 1.54) is 19.2 Å². The fourth-order valence-corrected chi connectivity index (χ4v) is 1.59. The molecule has 18 heavy (non-hydrogen) atoms. The Morgan fingerprint density at radius 2 is 1.89 bits per heavy atom. The lowest BCUT2D eigenvalue weighted by molar-refractivity contribution is -0.138. The molecular weight excluding hydrogens is 255 g/mol. The maximum atomic E-state index is 12.7. The molecule has 1 aromatic rings. The van der Waals surface area contributed by atoms with E-state index >= 15 is 0 Å². The summed E-state index contributed by atoms with van der Waals surface area (Å²) in [4.78, 5) is 1.13. The Hall–Kier alpha value is -1.37. The summed E-state index contributed by atoms with van der Waals surface area (Å²) >= 11 is 0. The summed E-state index contributed by atoms with van der Waals surface area (Å²) in [5.74, 6) is 0. The number of anilines is 1. The van der Waals surface area contributed by atoms with Gasteiger partial charge in [-0.1, -0.05) is 6.07 Å². The molecule has 0 saturated carbocycles. The Bertz CT molecular complexity index is 403. The van der Waals surface area contributed by atoms with Gasteiger partial charge in [-0.3, -0.25) is 4.90 Å². The second kappa shape index (κ2) is 5.51. The number of nitrogens with zero attached hydrogens (tertiary/aromatic N) is 1. The highest BCUT2D eigenvalue weighted by Gasteiger charge is 2.33. The zero-order chi connectivity index (χ0) is 13.9. The van der Waals surface area contributed by atoms with Crippen molar-refractivity contribution in [2.75, 3.05) is 19.3 Å². The summed E-state index contributed by atoms with van der Waals surface area (Å²) in [6.45, 7) is -0.791. The summed E-state index contributed by atoms with van der Waals surface area (Å²) < 4.78 is 62.4. The van der Waals surface area contributed by atoms with Crippen LogP contribution in [-0.4, -0.2) is 24.9 Å². The molecule has 0 spiro atoms. The van der Waals surface area contributed by atoms with Crippen LogP contribution in [0.1, 0.15) is 11.1 Å². The van der Waals surface area contributed by atoms with Gasteiger partial charge in [0.05, 0.1) is 12.1 Å². The van der Waals surface area contributed by atoms with Crippen LogP contribution in [0.4, 0.5) is 27.6 Å². The first-order valence-electron chi connectivity index (χ1n) is 5.12. The van der Waals surface area contributed by atoms with Gasteiger partial charge in [-0.15, -0.1) is 0 Å². The normalized spacial score (nSPS) is 12.4. The smallest absolute Gasteiger partial charge is 0.399 e. The second-order valence-corrected chi connectivity index (χ2v) is 4.00. The molecule has 0 atom stereocenters. The number of nitrogens with two attached hydrogens (primary N) is 1. The minimum Gasteiger partial charge on any atom is -0.399 e. The van der Waals surface area contributed by atoms with Gasteiger partial charge >= 0.3 is 6.18 Å². The van der Waals surface area contributed by atoms with E-state index in [0.717, 1.165) is 11.0 Å². The summed E-state index contributed by atoms with van der Waals surface area (Å²) in [7, 11) is 1.34. The van der Waals surface area contributed by atoms with Crippen LogP contribution in [0.25, 0.3) is 0 Å². The van der Waals surface area contributed by atoms with E-state index in [0.29, 0.717) is 0 Å². The first-order chi connectivity index (χ1) is 8.20. The molecule has 2 nitrogen and oxygen atoms in total. The van der Waals surface area contributed by atoms with Gasteiger partial charge in [-0.2, -0.15) is 13.2 Å². The van der Waals surface area contributed by atoms with Gasteiger partial charge in [-0.05, 0) is 24.7 Å². The van der Waals surface area contributed by atoms with Crippen LogP contribution < -0.4 is 5.73 Å². The van der Waals surface area contributed by atoms with Crippen LogP contribution in [0.2, 0.25) is 0 Å². The average molecular weight is 268 g/mol. The predicted molar refractivity (Wildman–Crippen MR) is 58.2 cm³/mol. The van der Waals surface area contributed by atoms with Crippen molar-refractivity contribution in [3.05, 3.63) is 29.3 Å². The van der Waals surface area contributed by atoms with Crippen molar-refractivity contribution in [3.8, 4) is 0 Å². The fourth-order valence-electron chi connectivity index (χ4n) is 1.59. The van der Waals surface area contributed by atoms with Crippen LogP contribution >= 0.6 is 0 Å². The van der Waals surface area contributed by atoms with E-state index < -0.39 is 24.7 Å². The van der Waals surface area contributed by atoms with Crippen molar-refractivity contribution < 1.29 is 22.0 Å². The molecule has 1 aromatic carbocycles. The Morgan fingerprint density at radius 3 is 2.39 bits per heavy atom. The lowest BCUT2D eigenvalue weighted by Gasteiger charge is -2.19. The first-order valence-corrected chi connectivity index (χ1v) is 5.12. The van der Waals surface area contributed by atoms with Crippen molar-refractivity contribution in [2.45, 2.75) is 19.1 Å². The lowest BCUT2D eigenvalue weighted by Crippen LogP contribution is -2.25. The number of rotatable bonds is 4. The van der Waals surface area contributed by atoms with Gasteiger partial charge < -0.3 is 5.73 Å². The summed E-state index contributed by atoms with van der Waals surface area (Å²) in [6, 6.07) is 3.34. The number of hydrogen-bond acceptors (Lipinski definition) is 2. The minimum absolute atomic E-state index is 0.0115. The van der Waals surface area contributed by atoms with Crippen LogP contribution in [0, 0.1) is 0 Å². The van der Waals surface area contributed by atoms with Crippen LogP contribution in [-0.2, 0) is 12.7 Å². The van der Waals surface area contributed by atoms with E-state index in [2.05, 4.69) is 0 Å². The van der Waals surface area contributed by atoms with Crippen molar-refractivity contribution in [2.24, 2.45) is 0 Å². The molecule has 1 rings (SSSR count). The molecule has 7 heteroatoms. The van der Waals surface area contributed by atoms with Gasteiger partial charge in [0.25, 0.3) is 6.43 Å². The Balaban J connectivity index is 2.95. The highest BCUT2D eigenvalue weighted by Crippen LogP contribution is 2.33. The quantitative estimate of drug-likeness (QED) is 0.672. The predicted octanol–water partition coefficient (Wildman–Crippen LogP) is 2.98. The van der Waals surface area contributed by atoms with Crippen molar-refractivity contribution in [1.29, 1.82) is 0 Å². The monoisotopic (exact) mass is 268 g/mol. The molecule has 2 N–H and O–H groups in total. The molecule has 0 bridgehead atoms. The highest BCUT2D eigenvalue weighted by molar-refractivity contribution is 5.46. The van der Waals surface area contributed by atoms with E-state index in [4.69, 9.17) is 5.73 Å². The molecule has 0 aliphatic rings. The lowest BCUT2D eigenvalue weighted by atomic mass is 10.1. The maximum Gasteiger partial charge on any atom is 0.416 e. The number of nitrogen functional groups attached to an aromatic ring is 1. The Kier molecular flexibility index (Phi) is 4.50.